The van der Waals surface area contributed by atoms with Crippen molar-refractivity contribution in [1.29, 1.82) is 5.26 Å². The highest BCUT2D eigenvalue weighted by Gasteiger charge is 2.50. The maximum Gasteiger partial charge on any atom is 0.176 e. The van der Waals surface area contributed by atoms with E-state index in [1.807, 2.05) is 24.5 Å². The molecule has 0 saturated heterocycles. The molecule has 0 radical (unpaired) electrons. The first-order chi connectivity index (χ1) is 12.4. The SMILES string of the molecule is Cc1nc2c(n1-c1cccc(F)c1)CC[C@@H]1[C@@H](C)C(=O)C(C#N)=C[C@@]21C. The second-order valence-electron chi connectivity index (χ2n) is 7.52. The zero-order valence-corrected chi connectivity index (χ0v) is 15.1. The standard InChI is InChI=1S/C21H20FN3O/c1-12-17-7-8-18-20(21(17,3)10-14(11-23)19(12)26)24-13(2)25(18)16-6-4-5-15(22)9-16/h4-6,9-10,12,17H,7-8H2,1-3H3/t12-,17-,21-/m1/s1. The molecule has 2 aliphatic carbocycles. The first-order valence-electron chi connectivity index (χ1n) is 8.88. The highest BCUT2D eigenvalue weighted by Crippen LogP contribution is 2.49. The van der Waals surface area contributed by atoms with Crippen LogP contribution in [0.5, 0.6) is 0 Å². The highest BCUT2D eigenvalue weighted by atomic mass is 19.1. The Bertz CT molecular complexity index is 997. The molecule has 1 heterocycles. The average molecular weight is 349 g/mol. The molecule has 0 fully saturated rings. The van der Waals surface area contributed by atoms with Gasteiger partial charge in [-0.3, -0.25) is 4.79 Å². The Morgan fingerprint density at radius 3 is 2.88 bits per heavy atom. The number of fused-ring (bicyclic) bond motifs is 3. The number of hydrogen-bond acceptors (Lipinski definition) is 3. The first-order valence-corrected chi connectivity index (χ1v) is 8.88. The summed E-state index contributed by atoms with van der Waals surface area (Å²) >= 11 is 0. The summed E-state index contributed by atoms with van der Waals surface area (Å²) in [6.45, 7) is 5.89. The van der Waals surface area contributed by atoms with Crippen LogP contribution < -0.4 is 0 Å². The Morgan fingerprint density at radius 1 is 1.42 bits per heavy atom. The topological polar surface area (TPSA) is 58.7 Å². The Balaban J connectivity index is 1.94. The van der Waals surface area contributed by atoms with Crippen LogP contribution in [0.15, 0.2) is 35.9 Å². The number of Topliss-reactive ketones (excluding diaryl/α,β-unsaturated/α-hetero) is 1. The molecule has 2 aliphatic rings. The van der Waals surface area contributed by atoms with Crippen molar-refractivity contribution < 1.29 is 9.18 Å². The summed E-state index contributed by atoms with van der Waals surface area (Å²) in [5.41, 5.74) is 2.46. The number of imidazole rings is 1. The molecule has 26 heavy (non-hydrogen) atoms. The number of aromatic nitrogens is 2. The fourth-order valence-electron chi connectivity index (χ4n) is 4.80. The van der Waals surface area contributed by atoms with Gasteiger partial charge in [-0.25, -0.2) is 9.37 Å². The van der Waals surface area contributed by atoms with E-state index in [1.54, 1.807) is 12.1 Å². The summed E-state index contributed by atoms with van der Waals surface area (Å²) in [6.07, 6.45) is 3.42. The third-order valence-electron chi connectivity index (χ3n) is 6.03. The molecule has 1 aromatic heterocycles. The van der Waals surface area contributed by atoms with E-state index in [2.05, 4.69) is 13.0 Å². The van der Waals surface area contributed by atoms with Crippen LogP contribution in [0.4, 0.5) is 4.39 Å². The zero-order chi connectivity index (χ0) is 18.6. The molecule has 0 aliphatic heterocycles. The van der Waals surface area contributed by atoms with Crippen molar-refractivity contribution in [3.63, 3.8) is 0 Å². The number of ketones is 1. The predicted octanol–water partition coefficient (Wildman–Crippen LogP) is 3.81. The Labute approximate surface area is 152 Å². The van der Waals surface area contributed by atoms with Crippen LogP contribution in [0.3, 0.4) is 0 Å². The molecule has 0 amide bonds. The third-order valence-corrected chi connectivity index (χ3v) is 6.03. The van der Waals surface area contributed by atoms with Gasteiger partial charge in [0.15, 0.2) is 5.78 Å². The van der Waals surface area contributed by atoms with Crippen LogP contribution in [-0.4, -0.2) is 15.3 Å². The molecule has 5 heteroatoms. The molecule has 0 unspecified atom stereocenters. The molecule has 3 atom stereocenters. The summed E-state index contributed by atoms with van der Waals surface area (Å²) < 4.78 is 15.7. The van der Waals surface area contributed by atoms with Gasteiger partial charge in [0.1, 0.15) is 17.7 Å². The minimum absolute atomic E-state index is 0.0697. The van der Waals surface area contributed by atoms with E-state index in [0.29, 0.717) is 0 Å². The van der Waals surface area contributed by atoms with E-state index in [9.17, 15) is 14.4 Å². The molecule has 0 N–H and O–H groups in total. The normalized spacial score (nSPS) is 27.3. The molecule has 2 aromatic rings. The lowest BCUT2D eigenvalue weighted by Crippen LogP contribution is -2.45. The summed E-state index contributed by atoms with van der Waals surface area (Å²) in [5.74, 6) is 0.355. The van der Waals surface area contributed by atoms with Gasteiger partial charge in [0.2, 0.25) is 0 Å². The number of aryl methyl sites for hydroxylation is 1. The fourth-order valence-corrected chi connectivity index (χ4v) is 4.80. The van der Waals surface area contributed by atoms with Gasteiger partial charge in [0.05, 0.1) is 11.3 Å². The molecule has 4 nitrogen and oxygen atoms in total. The number of rotatable bonds is 1. The minimum Gasteiger partial charge on any atom is -0.301 e. The number of nitrogens with zero attached hydrogens (tertiary/aromatic N) is 3. The van der Waals surface area contributed by atoms with Gasteiger partial charge < -0.3 is 4.57 Å². The average Bonchev–Trinajstić information content (AvgIpc) is 2.95. The molecule has 4 rings (SSSR count). The van der Waals surface area contributed by atoms with E-state index >= 15 is 0 Å². The molecular weight excluding hydrogens is 329 g/mol. The van der Waals surface area contributed by atoms with Gasteiger partial charge >= 0.3 is 0 Å². The van der Waals surface area contributed by atoms with E-state index < -0.39 is 5.41 Å². The molecule has 0 saturated carbocycles. The van der Waals surface area contributed by atoms with Crippen LogP contribution >= 0.6 is 0 Å². The monoisotopic (exact) mass is 349 g/mol. The van der Waals surface area contributed by atoms with Crippen LogP contribution in [0.1, 0.15) is 37.5 Å². The van der Waals surface area contributed by atoms with Gasteiger partial charge in [0, 0.05) is 22.7 Å². The number of benzene rings is 1. The Morgan fingerprint density at radius 2 is 2.19 bits per heavy atom. The summed E-state index contributed by atoms with van der Waals surface area (Å²) in [5, 5.41) is 9.39. The van der Waals surface area contributed by atoms with Crippen molar-refractivity contribution in [1.82, 2.24) is 9.55 Å². The smallest absolute Gasteiger partial charge is 0.176 e. The van der Waals surface area contributed by atoms with Gasteiger partial charge in [-0.1, -0.05) is 26.0 Å². The van der Waals surface area contributed by atoms with E-state index in [0.717, 1.165) is 35.7 Å². The number of carbonyl (C=O) groups excluding carboxylic acids is 1. The molecule has 0 spiro atoms. The molecule has 1 aromatic carbocycles. The quantitative estimate of drug-likeness (QED) is 0.787. The molecular formula is C21H20FN3O. The maximum atomic E-state index is 13.7. The lowest BCUT2D eigenvalue weighted by Gasteiger charge is -2.44. The van der Waals surface area contributed by atoms with E-state index in [1.165, 1.54) is 12.1 Å². The number of allylic oxidation sites excluding steroid dienone is 2. The van der Waals surface area contributed by atoms with Gasteiger partial charge in [-0.05, 0) is 43.9 Å². The largest absolute Gasteiger partial charge is 0.301 e. The zero-order valence-electron chi connectivity index (χ0n) is 15.1. The van der Waals surface area contributed by atoms with Crippen molar-refractivity contribution in [2.75, 3.05) is 0 Å². The van der Waals surface area contributed by atoms with Gasteiger partial charge in [-0.2, -0.15) is 5.26 Å². The van der Waals surface area contributed by atoms with Crippen LogP contribution in [0.2, 0.25) is 0 Å². The Hall–Kier alpha value is -2.74. The van der Waals surface area contributed by atoms with Crippen molar-refractivity contribution in [3.8, 4) is 11.8 Å². The second-order valence-corrected chi connectivity index (χ2v) is 7.52. The fraction of sp³-hybridized carbons (Fsp3) is 0.381. The number of nitriles is 1. The third kappa shape index (κ3) is 2.18. The van der Waals surface area contributed by atoms with Gasteiger partial charge in [0.25, 0.3) is 0 Å². The van der Waals surface area contributed by atoms with E-state index in [4.69, 9.17) is 4.98 Å². The van der Waals surface area contributed by atoms with Crippen molar-refractivity contribution in [2.24, 2.45) is 11.8 Å². The van der Waals surface area contributed by atoms with E-state index in [-0.39, 0.29) is 29.0 Å². The predicted molar refractivity (Wildman–Crippen MR) is 95.3 cm³/mol. The first kappa shape index (κ1) is 16.7. The van der Waals surface area contributed by atoms with Gasteiger partial charge in [-0.15, -0.1) is 0 Å². The van der Waals surface area contributed by atoms with Crippen molar-refractivity contribution >= 4 is 5.78 Å². The number of hydrogen-bond donors (Lipinski definition) is 0. The molecule has 132 valence electrons. The van der Waals surface area contributed by atoms with Crippen LogP contribution in [0, 0.1) is 35.9 Å². The molecule has 0 bridgehead atoms. The Kier molecular flexibility index (Phi) is 3.62. The summed E-state index contributed by atoms with van der Waals surface area (Å²) in [7, 11) is 0. The van der Waals surface area contributed by atoms with Crippen LogP contribution in [0.25, 0.3) is 5.69 Å². The second kappa shape index (κ2) is 5.63. The minimum atomic E-state index is -0.463. The lowest BCUT2D eigenvalue weighted by molar-refractivity contribution is -0.121. The highest BCUT2D eigenvalue weighted by molar-refractivity contribution is 6.02. The van der Waals surface area contributed by atoms with Crippen LogP contribution in [-0.2, 0) is 16.6 Å². The van der Waals surface area contributed by atoms with Crippen molar-refractivity contribution in [2.45, 2.75) is 39.0 Å². The van der Waals surface area contributed by atoms with Crippen molar-refractivity contribution in [3.05, 3.63) is 58.9 Å². The summed E-state index contributed by atoms with van der Waals surface area (Å²) in [4.78, 5) is 17.3. The number of halogens is 1. The maximum absolute atomic E-state index is 13.7. The number of carbonyl (C=O) groups is 1. The lowest BCUT2D eigenvalue weighted by atomic mass is 9.58. The summed E-state index contributed by atoms with van der Waals surface area (Å²) in [6, 6.07) is 8.56.